The topological polar surface area (TPSA) is 84.4 Å². The van der Waals surface area contributed by atoms with Gasteiger partial charge < -0.3 is 19.1 Å². The molecular weight excluding hydrogens is 588 g/mol. The van der Waals surface area contributed by atoms with Crippen molar-refractivity contribution in [1.29, 1.82) is 0 Å². The molecule has 238 valence electrons. The van der Waals surface area contributed by atoms with E-state index in [0.717, 1.165) is 68.0 Å². The molecule has 9 nitrogen and oxygen atoms in total. The molecule has 3 aromatic carbocycles. The van der Waals surface area contributed by atoms with Crippen LogP contribution in [0.3, 0.4) is 0 Å². The summed E-state index contributed by atoms with van der Waals surface area (Å²) in [5.41, 5.74) is 2.07. The maximum atomic E-state index is 14.2. The Balaban J connectivity index is 1.09. The molecule has 1 saturated heterocycles. The van der Waals surface area contributed by atoms with Crippen molar-refractivity contribution in [3.05, 3.63) is 90.3 Å². The van der Waals surface area contributed by atoms with Crippen molar-refractivity contribution in [2.75, 3.05) is 60.6 Å². The highest BCUT2D eigenvalue weighted by Crippen LogP contribution is 2.42. The van der Waals surface area contributed by atoms with Gasteiger partial charge in [-0.05, 0) is 42.0 Å². The Morgan fingerprint density at radius 3 is 2.31 bits per heavy atom. The summed E-state index contributed by atoms with van der Waals surface area (Å²) in [4.78, 5) is 9.50. The van der Waals surface area contributed by atoms with Gasteiger partial charge in [-0.25, -0.2) is 8.42 Å². The van der Waals surface area contributed by atoms with Crippen molar-refractivity contribution in [1.82, 2.24) is 19.1 Å². The van der Waals surface area contributed by atoms with E-state index < -0.39 is 10.0 Å². The Morgan fingerprint density at radius 1 is 0.822 bits per heavy atom. The van der Waals surface area contributed by atoms with E-state index in [4.69, 9.17) is 14.2 Å². The number of pyridine rings is 1. The molecule has 45 heavy (non-hydrogen) atoms. The maximum absolute atomic E-state index is 14.2. The summed E-state index contributed by atoms with van der Waals surface area (Å²) in [5, 5.41) is 1.53. The van der Waals surface area contributed by atoms with Crippen molar-refractivity contribution in [3.8, 4) is 17.2 Å². The molecule has 0 bridgehead atoms. The maximum Gasteiger partial charge on any atom is 0.244 e. The molecule has 2 heterocycles. The number of piperazine rings is 1. The zero-order valence-electron chi connectivity index (χ0n) is 26.3. The molecule has 0 spiro atoms. The lowest BCUT2D eigenvalue weighted by atomic mass is 10.1. The van der Waals surface area contributed by atoms with Gasteiger partial charge in [0.15, 0.2) is 11.5 Å². The van der Waals surface area contributed by atoms with Crippen molar-refractivity contribution < 1.29 is 22.6 Å². The minimum Gasteiger partial charge on any atom is -0.493 e. The largest absolute Gasteiger partial charge is 0.493 e. The quantitative estimate of drug-likeness (QED) is 0.206. The zero-order chi connectivity index (χ0) is 31.4. The van der Waals surface area contributed by atoms with Crippen LogP contribution >= 0.6 is 0 Å². The molecule has 2 aliphatic rings. The molecule has 2 unspecified atom stereocenters. The van der Waals surface area contributed by atoms with Gasteiger partial charge in [0.1, 0.15) is 0 Å². The zero-order valence-corrected chi connectivity index (χ0v) is 27.1. The lowest BCUT2D eigenvalue weighted by Gasteiger charge is -2.35. The first-order valence-corrected chi connectivity index (χ1v) is 16.9. The Morgan fingerprint density at radius 2 is 1.58 bits per heavy atom. The van der Waals surface area contributed by atoms with E-state index >= 15 is 0 Å². The van der Waals surface area contributed by atoms with Gasteiger partial charge in [-0.3, -0.25) is 9.88 Å². The van der Waals surface area contributed by atoms with Gasteiger partial charge in [0.05, 0.1) is 26.2 Å². The average Bonchev–Trinajstić information content (AvgIpc) is 3.81. The fraction of sp³-hybridized carbons (Fsp3) is 0.400. The summed E-state index contributed by atoms with van der Waals surface area (Å²) in [7, 11) is 1.19. The van der Waals surface area contributed by atoms with Crippen molar-refractivity contribution in [2.24, 2.45) is 11.8 Å². The number of hydrogen-bond donors (Lipinski definition) is 0. The summed E-state index contributed by atoms with van der Waals surface area (Å²) in [6, 6.07) is 21.1. The second-order valence-electron chi connectivity index (χ2n) is 12.0. The Hall–Kier alpha value is -3.70. The van der Waals surface area contributed by atoms with E-state index in [2.05, 4.69) is 14.8 Å². The Bertz CT molecular complexity index is 1700. The predicted molar refractivity (Wildman–Crippen MR) is 175 cm³/mol. The van der Waals surface area contributed by atoms with Gasteiger partial charge in [0.25, 0.3) is 0 Å². The van der Waals surface area contributed by atoms with Crippen LogP contribution in [-0.4, -0.2) is 88.1 Å². The van der Waals surface area contributed by atoms with Gasteiger partial charge in [-0.15, -0.1) is 0 Å². The first-order valence-electron chi connectivity index (χ1n) is 15.5. The third-order valence-electron chi connectivity index (χ3n) is 9.10. The summed E-state index contributed by atoms with van der Waals surface area (Å²) in [5.74, 6) is 2.83. The molecule has 2 atom stereocenters. The summed E-state index contributed by atoms with van der Waals surface area (Å²) < 4.78 is 46.8. The SMILES string of the molecule is COc1ccc(CN2CCN(CC3CC3CN(Cc3ccccc3)S(=O)(=O)c3cccc4cnccc34)CC2)c(OC)c1OC. The molecular formula is C35H42N4O5S. The standard InChI is InChI=1S/C35H42N4O5S/c1-42-32-13-12-28(34(43-2)35(32)44-3)23-37-16-18-38(19-17-37)24-29-20-30(29)25-39(22-26-8-5-4-6-9-26)45(40,41)33-11-7-10-27-21-36-15-14-31(27)33/h4-15,21,29-30H,16-20,22-25H2,1-3H3. The molecule has 1 saturated carbocycles. The van der Waals surface area contributed by atoms with Crippen LogP contribution in [0.4, 0.5) is 0 Å². The highest BCUT2D eigenvalue weighted by molar-refractivity contribution is 7.89. The molecule has 0 radical (unpaired) electrons. The van der Waals surface area contributed by atoms with Gasteiger partial charge >= 0.3 is 0 Å². The first-order chi connectivity index (χ1) is 21.9. The highest BCUT2D eigenvalue weighted by Gasteiger charge is 2.42. The van der Waals surface area contributed by atoms with Gasteiger partial charge in [0.2, 0.25) is 15.8 Å². The molecule has 0 N–H and O–H groups in total. The van der Waals surface area contributed by atoms with Crippen molar-refractivity contribution >= 4 is 20.8 Å². The third-order valence-corrected chi connectivity index (χ3v) is 11.0. The number of rotatable bonds is 13. The molecule has 4 aromatic rings. The van der Waals surface area contributed by atoms with Crippen molar-refractivity contribution in [3.63, 3.8) is 0 Å². The van der Waals surface area contributed by atoms with Crippen molar-refractivity contribution in [2.45, 2.75) is 24.4 Å². The second-order valence-corrected chi connectivity index (χ2v) is 13.9. The van der Waals surface area contributed by atoms with Crippen LogP contribution in [0, 0.1) is 11.8 Å². The second kappa shape index (κ2) is 13.7. The minimum atomic E-state index is -3.73. The Kier molecular flexibility index (Phi) is 9.56. The molecule has 1 aliphatic heterocycles. The third kappa shape index (κ3) is 6.94. The van der Waals surface area contributed by atoms with E-state index in [1.165, 1.54) is 0 Å². The fourth-order valence-electron chi connectivity index (χ4n) is 6.50. The smallest absolute Gasteiger partial charge is 0.244 e. The molecule has 2 fully saturated rings. The van der Waals surface area contributed by atoms with E-state index in [0.29, 0.717) is 46.7 Å². The lowest BCUT2D eigenvalue weighted by Crippen LogP contribution is -2.46. The predicted octanol–water partition coefficient (Wildman–Crippen LogP) is 4.91. The summed E-state index contributed by atoms with van der Waals surface area (Å²) in [6.45, 7) is 6.52. The van der Waals surface area contributed by atoms with Crippen LogP contribution < -0.4 is 14.2 Å². The van der Waals surface area contributed by atoms with E-state index in [-0.39, 0.29) is 0 Å². The van der Waals surface area contributed by atoms with Crippen LogP contribution in [-0.2, 0) is 23.1 Å². The lowest BCUT2D eigenvalue weighted by molar-refractivity contribution is 0.120. The minimum absolute atomic E-state index is 0.342. The number of fused-ring (bicyclic) bond motifs is 1. The summed E-state index contributed by atoms with van der Waals surface area (Å²) in [6.07, 6.45) is 4.42. The number of hydrogen-bond acceptors (Lipinski definition) is 8. The monoisotopic (exact) mass is 630 g/mol. The normalized spacial score (nSPS) is 19.1. The Labute approximate surface area is 266 Å². The molecule has 1 aromatic heterocycles. The first kappa shape index (κ1) is 31.3. The van der Waals surface area contributed by atoms with Gasteiger partial charge in [-0.1, -0.05) is 48.5 Å². The number of sulfonamides is 1. The highest BCUT2D eigenvalue weighted by atomic mass is 32.2. The van der Waals surface area contributed by atoms with E-state index in [1.807, 2.05) is 48.5 Å². The fourth-order valence-corrected chi connectivity index (χ4v) is 8.20. The number of ether oxygens (including phenoxy) is 3. The van der Waals surface area contributed by atoms with Crippen LogP contribution in [0.2, 0.25) is 0 Å². The summed E-state index contributed by atoms with van der Waals surface area (Å²) >= 11 is 0. The number of methoxy groups -OCH3 is 3. The number of aromatic nitrogens is 1. The van der Waals surface area contributed by atoms with Gasteiger partial charge in [-0.2, -0.15) is 4.31 Å². The molecule has 0 amide bonds. The van der Waals surface area contributed by atoms with Crippen LogP contribution in [0.1, 0.15) is 17.5 Å². The van der Waals surface area contributed by atoms with Crippen LogP contribution in [0.25, 0.3) is 10.8 Å². The number of benzene rings is 3. The van der Waals surface area contributed by atoms with Crippen LogP contribution in [0.5, 0.6) is 17.2 Å². The molecule has 1 aliphatic carbocycles. The average molecular weight is 631 g/mol. The van der Waals surface area contributed by atoms with Crippen LogP contribution in [0.15, 0.2) is 84.0 Å². The van der Waals surface area contributed by atoms with Gasteiger partial charge in [0, 0.05) is 81.1 Å². The number of nitrogens with zero attached hydrogens (tertiary/aromatic N) is 4. The molecule has 10 heteroatoms. The van der Waals surface area contributed by atoms with E-state index in [1.54, 1.807) is 56.2 Å². The molecule has 6 rings (SSSR count). The van der Waals surface area contributed by atoms with E-state index in [9.17, 15) is 8.42 Å².